The summed E-state index contributed by atoms with van der Waals surface area (Å²) in [6.07, 6.45) is 8.67. The smallest absolute Gasteiger partial charge is 0.303 e. The first kappa shape index (κ1) is 18.6. The zero-order valence-electron chi connectivity index (χ0n) is 15.1. The molecule has 3 rings (SSSR count). The summed E-state index contributed by atoms with van der Waals surface area (Å²) >= 11 is 0. The van der Waals surface area contributed by atoms with Crippen molar-refractivity contribution in [1.29, 1.82) is 0 Å². The zero-order chi connectivity index (χ0) is 18.6. The van der Waals surface area contributed by atoms with Crippen molar-refractivity contribution in [2.45, 2.75) is 70.8 Å². The number of carboxylic acids is 1. The quantitative estimate of drug-likeness (QED) is 0.802. The molecule has 2 aliphatic carbocycles. The van der Waals surface area contributed by atoms with Crippen molar-refractivity contribution in [3.05, 3.63) is 27.7 Å². The molecule has 0 unspecified atom stereocenters. The van der Waals surface area contributed by atoms with Gasteiger partial charge >= 0.3 is 5.97 Å². The van der Waals surface area contributed by atoms with Crippen LogP contribution in [0.15, 0.2) is 10.9 Å². The molecule has 2 aliphatic rings. The van der Waals surface area contributed by atoms with Crippen molar-refractivity contribution < 1.29 is 14.7 Å². The van der Waals surface area contributed by atoms with Crippen LogP contribution in [0.1, 0.15) is 62.6 Å². The number of carbonyl (C=O) groups is 2. The maximum atomic E-state index is 12.3. The zero-order valence-corrected chi connectivity index (χ0v) is 15.1. The number of fused-ring (bicyclic) bond motifs is 1. The number of rotatable bonds is 6. The average molecular weight is 361 g/mol. The van der Waals surface area contributed by atoms with Gasteiger partial charge in [0.2, 0.25) is 5.91 Å². The lowest BCUT2D eigenvalue weighted by molar-refractivity contribution is -0.140. The van der Waals surface area contributed by atoms with E-state index in [9.17, 15) is 19.5 Å². The van der Waals surface area contributed by atoms with Crippen LogP contribution in [0.3, 0.4) is 0 Å². The molecule has 7 nitrogen and oxygen atoms in total. The van der Waals surface area contributed by atoms with E-state index in [2.05, 4.69) is 10.4 Å². The average Bonchev–Trinajstić information content (AvgIpc) is 2.61. The van der Waals surface area contributed by atoms with Crippen molar-refractivity contribution in [1.82, 2.24) is 15.1 Å². The van der Waals surface area contributed by atoms with Crippen molar-refractivity contribution >= 4 is 11.9 Å². The van der Waals surface area contributed by atoms with Crippen LogP contribution in [-0.2, 0) is 29.0 Å². The monoisotopic (exact) mass is 361 g/mol. The minimum absolute atomic E-state index is 0.0737. The van der Waals surface area contributed by atoms with E-state index >= 15 is 0 Å². The normalized spacial score (nSPS) is 18.8. The number of aliphatic carboxylic acids is 1. The molecule has 0 saturated heterocycles. The van der Waals surface area contributed by atoms with Gasteiger partial charge in [0.05, 0.1) is 12.1 Å². The molecule has 0 radical (unpaired) electrons. The second kappa shape index (κ2) is 8.01. The molecule has 1 aromatic rings. The molecule has 2 N–H and O–H groups in total. The molecule has 0 aromatic carbocycles. The van der Waals surface area contributed by atoms with Crippen LogP contribution in [-0.4, -0.2) is 33.3 Å². The first-order valence-corrected chi connectivity index (χ1v) is 9.56. The number of carboxylic acid groups (broad SMARTS) is 1. The Morgan fingerprint density at radius 2 is 1.88 bits per heavy atom. The van der Waals surface area contributed by atoms with Crippen LogP contribution < -0.4 is 10.9 Å². The second-order valence-corrected chi connectivity index (χ2v) is 7.73. The van der Waals surface area contributed by atoms with E-state index < -0.39 is 5.97 Å². The van der Waals surface area contributed by atoms with Crippen LogP contribution >= 0.6 is 0 Å². The lowest BCUT2D eigenvalue weighted by atomic mass is 9.71. The highest BCUT2D eigenvalue weighted by Gasteiger charge is 2.34. The highest BCUT2D eigenvalue weighted by atomic mass is 16.4. The van der Waals surface area contributed by atoms with Gasteiger partial charge in [0, 0.05) is 12.6 Å². The first-order valence-electron chi connectivity index (χ1n) is 9.56. The van der Waals surface area contributed by atoms with Gasteiger partial charge in [-0.1, -0.05) is 19.3 Å². The van der Waals surface area contributed by atoms with Crippen molar-refractivity contribution in [3.63, 3.8) is 0 Å². The third-order valence-electron chi connectivity index (χ3n) is 5.67. The minimum atomic E-state index is -0.825. The third kappa shape index (κ3) is 4.51. The summed E-state index contributed by atoms with van der Waals surface area (Å²) in [5.74, 6) is -1.11. The predicted molar refractivity (Wildman–Crippen MR) is 95.9 cm³/mol. The van der Waals surface area contributed by atoms with Gasteiger partial charge < -0.3 is 10.4 Å². The largest absolute Gasteiger partial charge is 0.481 e. The fourth-order valence-corrected chi connectivity index (χ4v) is 4.23. The molecule has 0 bridgehead atoms. The molecule has 1 aromatic heterocycles. The maximum absolute atomic E-state index is 12.3. The lowest BCUT2D eigenvalue weighted by Crippen LogP contribution is -2.42. The molecule has 1 heterocycles. The molecule has 0 atom stereocenters. The molecule has 1 fully saturated rings. The SMILES string of the molecule is O=C(O)CC1(CNC(=O)Cn2nc3c(cc2=O)CCCC3)CCCCC1. The molecule has 0 aliphatic heterocycles. The second-order valence-electron chi connectivity index (χ2n) is 7.73. The number of nitrogens with one attached hydrogen (secondary N) is 1. The summed E-state index contributed by atoms with van der Waals surface area (Å²) in [6, 6.07) is 1.60. The molecule has 26 heavy (non-hydrogen) atoms. The summed E-state index contributed by atoms with van der Waals surface area (Å²) in [5.41, 5.74) is 1.30. The van der Waals surface area contributed by atoms with E-state index in [0.717, 1.165) is 69.0 Å². The van der Waals surface area contributed by atoms with Crippen LogP contribution in [0.25, 0.3) is 0 Å². The molecular formula is C19H27N3O4. The summed E-state index contributed by atoms with van der Waals surface area (Å²) in [4.78, 5) is 35.8. The number of aryl methyl sites for hydroxylation is 2. The van der Waals surface area contributed by atoms with Crippen molar-refractivity contribution in [2.75, 3.05) is 6.54 Å². The fourth-order valence-electron chi connectivity index (χ4n) is 4.23. The lowest BCUT2D eigenvalue weighted by Gasteiger charge is -2.36. The van der Waals surface area contributed by atoms with E-state index in [1.165, 1.54) is 4.68 Å². The van der Waals surface area contributed by atoms with E-state index in [1.54, 1.807) is 6.07 Å². The van der Waals surface area contributed by atoms with Gasteiger partial charge in [-0.25, -0.2) is 4.68 Å². The number of nitrogens with zero attached hydrogens (tertiary/aromatic N) is 2. The standard InChI is InChI=1S/C19H27N3O4/c23-16(20-13-19(11-18(25)26)8-4-1-5-9-19)12-22-17(24)10-14-6-2-3-7-15(14)21-22/h10H,1-9,11-13H2,(H,20,23)(H,25,26). The molecule has 142 valence electrons. The van der Waals surface area contributed by atoms with Crippen molar-refractivity contribution in [3.8, 4) is 0 Å². The van der Waals surface area contributed by atoms with Crippen LogP contribution in [0, 0.1) is 5.41 Å². The number of hydrogen-bond acceptors (Lipinski definition) is 4. The van der Waals surface area contributed by atoms with Crippen LogP contribution in [0.2, 0.25) is 0 Å². The van der Waals surface area contributed by atoms with Gasteiger partial charge in [0.15, 0.2) is 0 Å². The number of aromatic nitrogens is 2. The maximum Gasteiger partial charge on any atom is 0.303 e. The molecule has 0 spiro atoms. The third-order valence-corrected chi connectivity index (χ3v) is 5.67. The first-order chi connectivity index (χ1) is 12.5. The van der Waals surface area contributed by atoms with Gasteiger partial charge in [0.25, 0.3) is 5.56 Å². The molecular weight excluding hydrogens is 334 g/mol. The Bertz CT molecular complexity index is 735. The Morgan fingerprint density at radius 3 is 2.62 bits per heavy atom. The van der Waals surface area contributed by atoms with Crippen molar-refractivity contribution in [2.24, 2.45) is 5.41 Å². The molecule has 1 amide bonds. The summed E-state index contributed by atoms with van der Waals surface area (Å²) in [6.45, 7) is 0.229. The van der Waals surface area contributed by atoms with Gasteiger partial charge in [-0.05, 0) is 49.5 Å². The van der Waals surface area contributed by atoms with E-state index in [1.807, 2.05) is 0 Å². The number of hydrogen-bond donors (Lipinski definition) is 2. The minimum Gasteiger partial charge on any atom is -0.481 e. The van der Waals surface area contributed by atoms with Crippen LogP contribution in [0.4, 0.5) is 0 Å². The van der Waals surface area contributed by atoms with Gasteiger partial charge in [-0.2, -0.15) is 5.10 Å². The van der Waals surface area contributed by atoms with E-state index in [0.29, 0.717) is 6.54 Å². The Kier molecular flexibility index (Phi) is 5.74. The summed E-state index contributed by atoms with van der Waals surface area (Å²) in [5, 5.41) is 16.4. The predicted octanol–water partition coefficient (Wildman–Crippen LogP) is 1.66. The Labute approximate surface area is 152 Å². The summed E-state index contributed by atoms with van der Waals surface area (Å²) in [7, 11) is 0. The van der Waals surface area contributed by atoms with Gasteiger partial charge in [0.1, 0.15) is 6.54 Å². The Morgan fingerprint density at radius 1 is 1.15 bits per heavy atom. The summed E-state index contributed by atoms with van der Waals surface area (Å²) < 4.78 is 1.23. The molecule has 7 heteroatoms. The van der Waals surface area contributed by atoms with Gasteiger partial charge in [-0.3, -0.25) is 14.4 Å². The van der Waals surface area contributed by atoms with Crippen LogP contribution in [0.5, 0.6) is 0 Å². The van der Waals surface area contributed by atoms with Gasteiger partial charge in [-0.15, -0.1) is 0 Å². The topological polar surface area (TPSA) is 101 Å². The Balaban J connectivity index is 1.63. The molecule has 1 saturated carbocycles. The highest BCUT2D eigenvalue weighted by molar-refractivity contribution is 5.75. The highest BCUT2D eigenvalue weighted by Crippen LogP contribution is 2.38. The fraction of sp³-hybridized carbons (Fsp3) is 0.684. The number of carbonyl (C=O) groups excluding carboxylic acids is 1. The van der Waals surface area contributed by atoms with E-state index in [-0.39, 0.29) is 29.8 Å². The number of amides is 1. The Hall–Kier alpha value is -2.18. The van der Waals surface area contributed by atoms with E-state index in [4.69, 9.17) is 0 Å².